The van der Waals surface area contributed by atoms with Crippen molar-refractivity contribution >= 4 is 28.8 Å². The maximum Gasteiger partial charge on any atom is 0.285 e. The fraction of sp³-hybridized carbons (Fsp3) is 0.167. The van der Waals surface area contributed by atoms with E-state index < -0.39 is 22.6 Å². The number of nitrogens with zero attached hydrogens (tertiary/aromatic N) is 2. The summed E-state index contributed by atoms with van der Waals surface area (Å²) in [4.78, 5) is 25.3. The lowest BCUT2D eigenvalue weighted by Gasteiger charge is -2.13. The zero-order valence-electron chi connectivity index (χ0n) is 14.1. The van der Waals surface area contributed by atoms with Gasteiger partial charge < -0.3 is 10.4 Å². The number of benzene rings is 1. The number of amides is 1. The third-order valence-corrected chi connectivity index (χ3v) is 4.82. The van der Waals surface area contributed by atoms with Gasteiger partial charge in [-0.15, -0.1) is 0 Å². The normalized spacial score (nSPS) is 12.0. The molecule has 0 aliphatic carbocycles. The van der Waals surface area contributed by atoms with Crippen LogP contribution in [-0.4, -0.2) is 33.4 Å². The molecule has 1 atom stereocenters. The van der Waals surface area contributed by atoms with E-state index in [0.29, 0.717) is 16.3 Å². The predicted molar refractivity (Wildman–Crippen MR) is 102 cm³/mol. The molecular formula is C18H15ClFN3O3S. The molecule has 6 nitrogen and oxygen atoms in total. The zero-order valence-corrected chi connectivity index (χ0v) is 15.7. The quantitative estimate of drug-likeness (QED) is 0.681. The van der Waals surface area contributed by atoms with E-state index in [9.17, 15) is 14.0 Å². The molecule has 140 valence electrons. The fourth-order valence-corrected chi connectivity index (χ4v) is 3.14. The Morgan fingerprint density at radius 1 is 1.33 bits per heavy atom. The van der Waals surface area contributed by atoms with Crippen LogP contribution < -0.4 is 10.9 Å². The highest BCUT2D eigenvalue weighted by Crippen LogP contribution is 2.22. The molecule has 0 saturated carbocycles. The molecule has 0 saturated heterocycles. The van der Waals surface area contributed by atoms with Crippen molar-refractivity contribution < 1.29 is 14.3 Å². The monoisotopic (exact) mass is 407 g/mol. The van der Waals surface area contributed by atoms with Crippen molar-refractivity contribution in [1.82, 2.24) is 15.1 Å². The molecule has 1 aromatic carbocycles. The Morgan fingerprint density at radius 2 is 2.04 bits per heavy atom. The molecule has 0 aliphatic rings. The smallest absolute Gasteiger partial charge is 0.285 e. The Balaban J connectivity index is 2.17. The lowest BCUT2D eigenvalue weighted by Crippen LogP contribution is -2.39. The summed E-state index contributed by atoms with van der Waals surface area (Å²) in [5.74, 6) is -0.648. The van der Waals surface area contributed by atoms with Crippen molar-refractivity contribution in [3.05, 3.63) is 68.5 Å². The second-order valence-corrected chi connectivity index (χ2v) is 7.25. The van der Waals surface area contributed by atoms with Gasteiger partial charge in [0.2, 0.25) is 0 Å². The van der Waals surface area contributed by atoms with E-state index in [4.69, 9.17) is 16.7 Å². The molecule has 0 aliphatic heterocycles. The lowest BCUT2D eigenvalue weighted by molar-refractivity contribution is 0.0920. The molecule has 9 heteroatoms. The van der Waals surface area contributed by atoms with Crippen LogP contribution in [0.5, 0.6) is 0 Å². The minimum absolute atomic E-state index is 0.163. The SMILES string of the molecule is C[C@@H](CO)NC(=O)c1cc(-c2ccc(Cl)cc2)nn(-c2ccc(F)s2)c1=O. The van der Waals surface area contributed by atoms with Gasteiger partial charge in [-0.3, -0.25) is 9.59 Å². The topological polar surface area (TPSA) is 84.2 Å². The van der Waals surface area contributed by atoms with E-state index in [0.717, 1.165) is 16.0 Å². The van der Waals surface area contributed by atoms with Crippen LogP contribution in [0.1, 0.15) is 17.3 Å². The molecule has 0 bridgehead atoms. The molecule has 0 spiro atoms. The first-order chi connectivity index (χ1) is 12.9. The molecule has 0 radical (unpaired) electrons. The summed E-state index contributed by atoms with van der Waals surface area (Å²) in [6.45, 7) is 1.33. The van der Waals surface area contributed by atoms with Crippen molar-refractivity contribution in [2.75, 3.05) is 6.61 Å². The van der Waals surface area contributed by atoms with Crippen LogP contribution in [0.25, 0.3) is 16.3 Å². The van der Waals surface area contributed by atoms with E-state index in [1.165, 1.54) is 18.2 Å². The van der Waals surface area contributed by atoms with Gasteiger partial charge in [-0.05, 0) is 37.3 Å². The van der Waals surface area contributed by atoms with Crippen LogP contribution in [-0.2, 0) is 0 Å². The number of halogens is 2. The molecule has 3 aromatic rings. The largest absolute Gasteiger partial charge is 0.394 e. The van der Waals surface area contributed by atoms with Crippen LogP contribution in [0.2, 0.25) is 5.02 Å². The summed E-state index contributed by atoms with van der Waals surface area (Å²) in [6, 6.07) is 10.2. The Bertz CT molecular complexity index is 1030. The maximum atomic E-state index is 13.4. The molecular weight excluding hydrogens is 393 g/mol. The molecule has 3 rings (SSSR count). The standard InChI is InChI=1S/C18H15ClFN3O3S/c1-10(9-24)21-17(25)13-8-14(11-2-4-12(19)5-3-11)22-23(18(13)26)16-7-6-15(20)27-16/h2-8,10,24H,9H2,1H3,(H,21,25)/t10-/m0/s1. The number of carbonyl (C=O) groups excluding carboxylic acids is 1. The van der Waals surface area contributed by atoms with E-state index >= 15 is 0 Å². The summed E-state index contributed by atoms with van der Waals surface area (Å²) < 4.78 is 14.4. The van der Waals surface area contributed by atoms with Crippen LogP contribution in [0.15, 0.2) is 47.3 Å². The Labute approximate surface area is 162 Å². The Hall–Kier alpha value is -2.55. The van der Waals surface area contributed by atoms with Gasteiger partial charge in [0.1, 0.15) is 10.6 Å². The van der Waals surface area contributed by atoms with E-state index in [-0.39, 0.29) is 17.2 Å². The predicted octanol–water partition coefficient (Wildman–Crippen LogP) is 2.86. The first kappa shape index (κ1) is 19.2. The first-order valence-corrected chi connectivity index (χ1v) is 9.16. The number of nitrogens with one attached hydrogen (secondary N) is 1. The molecule has 27 heavy (non-hydrogen) atoms. The summed E-state index contributed by atoms with van der Waals surface area (Å²) in [7, 11) is 0. The number of rotatable bonds is 5. The molecule has 1 amide bonds. The van der Waals surface area contributed by atoms with Crippen molar-refractivity contribution in [3.63, 3.8) is 0 Å². The van der Waals surface area contributed by atoms with Gasteiger partial charge in [0, 0.05) is 16.6 Å². The molecule has 0 fully saturated rings. The highest BCUT2D eigenvalue weighted by atomic mass is 35.5. The minimum atomic E-state index is -0.683. The van der Waals surface area contributed by atoms with Crippen molar-refractivity contribution in [2.24, 2.45) is 0 Å². The van der Waals surface area contributed by atoms with Gasteiger partial charge in [0.15, 0.2) is 5.13 Å². The van der Waals surface area contributed by atoms with Gasteiger partial charge >= 0.3 is 0 Å². The number of aliphatic hydroxyl groups excluding tert-OH is 1. The highest BCUT2D eigenvalue weighted by molar-refractivity contribution is 7.12. The Kier molecular flexibility index (Phi) is 5.69. The number of aromatic nitrogens is 2. The minimum Gasteiger partial charge on any atom is -0.394 e. The van der Waals surface area contributed by atoms with Crippen molar-refractivity contribution in [3.8, 4) is 16.3 Å². The van der Waals surface area contributed by atoms with Crippen molar-refractivity contribution in [2.45, 2.75) is 13.0 Å². The van der Waals surface area contributed by atoms with Crippen LogP contribution >= 0.6 is 22.9 Å². The van der Waals surface area contributed by atoms with Crippen LogP contribution in [0.3, 0.4) is 0 Å². The van der Waals surface area contributed by atoms with Gasteiger partial charge in [0.25, 0.3) is 11.5 Å². The number of carbonyl (C=O) groups is 1. The van der Waals surface area contributed by atoms with Crippen molar-refractivity contribution in [1.29, 1.82) is 0 Å². The molecule has 2 aromatic heterocycles. The molecule has 2 heterocycles. The maximum absolute atomic E-state index is 13.4. The van der Waals surface area contributed by atoms with Gasteiger partial charge in [0.05, 0.1) is 12.3 Å². The van der Waals surface area contributed by atoms with Gasteiger partial charge in [-0.1, -0.05) is 35.1 Å². The second-order valence-electron chi connectivity index (χ2n) is 5.80. The number of hydrogen-bond acceptors (Lipinski definition) is 5. The Morgan fingerprint density at radius 3 is 2.63 bits per heavy atom. The molecule has 0 unspecified atom stereocenters. The van der Waals surface area contributed by atoms with Gasteiger partial charge in [-0.2, -0.15) is 14.2 Å². The van der Waals surface area contributed by atoms with Gasteiger partial charge in [-0.25, -0.2) is 0 Å². The zero-order chi connectivity index (χ0) is 19.6. The summed E-state index contributed by atoms with van der Waals surface area (Å²) in [5.41, 5.74) is 0.137. The third-order valence-electron chi connectivity index (χ3n) is 3.72. The highest BCUT2D eigenvalue weighted by Gasteiger charge is 2.19. The fourth-order valence-electron chi connectivity index (χ4n) is 2.33. The summed E-state index contributed by atoms with van der Waals surface area (Å²) in [5, 5.41) is 16.2. The lowest BCUT2D eigenvalue weighted by atomic mass is 10.1. The second kappa shape index (κ2) is 7.99. The molecule has 2 N–H and O–H groups in total. The number of thiophene rings is 1. The number of aliphatic hydroxyl groups is 1. The number of hydrogen-bond donors (Lipinski definition) is 2. The average molecular weight is 408 g/mol. The summed E-state index contributed by atoms with van der Waals surface area (Å²) >= 11 is 6.65. The van der Waals surface area contributed by atoms with Crippen LogP contribution in [0, 0.1) is 5.13 Å². The average Bonchev–Trinajstić information content (AvgIpc) is 3.08. The van der Waals surface area contributed by atoms with E-state index in [1.54, 1.807) is 31.2 Å². The van der Waals surface area contributed by atoms with E-state index in [2.05, 4.69) is 10.4 Å². The van der Waals surface area contributed by atoms with E-state index in [1.807, 2.05) is 0 Å². The first-order valence-electron chi connectivity index (χ1n) is 7.97. The third kappa shape index (κ3) is 4.24. The summed E-state index contributed by atoms with van der Waals surface area (Å²) in [6.07, 6.45) is 0. The van der Waals surface area contributed by atoms with Crippen LogP contribution in [0.4, 0.5) is 4.39 Å².